The van der Waals surface area contributed by atoms with Crippen molar-refractivity contribution in [3.05, 3.63) is 16.9 Å². The molecule has 0 aromatic carbocycles. The van der Waals surface area contributed by atoms with Crippen molar-refractivity contribution in [1.82, 2.24) is 9.78 Å². The zero-order valence-corrected chi connectivity index (χ0v) is 12.6. The molecule has 1 aromatic heterocycles. The molecule has 0 radical (unpaired) electrons. The monoisotopic (exact) mass is 306 g/mol. The summed E-state index contributed by atoms with van der Waals surface area (Å²) in [5.74, 6) is 0. The number of hydrogen-bond acceptors (Lipinski definition) is 1. The molecule has 0 N–H and O–H groups in total. The Hall–Kier alpha value is -0.0200. The van der Waals surface area contributed by atoms with E-state index in [9.17, 15) is 0 Å². The van der Waals surface area contributed by atoms with E-state index in [2.05, 4.69) is 41.8 Å². The molecule has 0 fully saturated rings. The molecule has 0 aliphatic rings. The van der Waals surface area contributed by atoms with Gasteiger partial charge in [0.2, 0.25) is 0 Å². The molecule has 0 aliphatic carbocycles. The highest BCUT2D eigenvalue weighted by molar-refractivity contribution is 9.09. The molecule has 0 aliphatic heterocycles. The number of hydrogen-bond donors (Lipinski definition) is 0. The van der Waals surface area contributed by atoms with Gasteiger partial charge in [-0.2, -0.15) is 5.10 Å². The highest BCUT2D eigenvalue weighted by Crippen LogP contribution is 2.23. The molecule has 16 heavy (non-hydrogen) atoms. The Morgan fingerprint density at radius 1 is 1.44 bits per heavy atom. The van der Waals surface area contributed by atoms with Crippen LogP contribution in [0.1, 0.15) is 51.8 Å². The fourth-order valence-electron chi connectivity index (χ4n) is 1.80. The van der Waals surface area contributed by atoms with Crippen LogP contribution in [0, 0.1) is 0 Å². The van der Waals surface area contributed by atoms with Crippen LogP contribution in [-0.4, -0.2) is 14.6 Å². The SMILES string of the molecule is CCCC(Br)CCc1c(Cl)cnn1C(C)C. The van der Waals surface area contributed by atoms with Crippen LogP contribution in [0.5, 0.6) is 0 Å². The van der Waals surface area contributed by atoms with Gasteiger partial charge < -0.3 is 0 Å². The molecular formula is C12H20BrClN2. The first-order valence-corrected chi connectivity index (χ1v) is 7.21. The Bertz CT molecular complexity index is 323. The van der Waals surface area contributed by atoms with Crippen molar-refractivity contribution in [2.24, 2.45) is 0 Å². The third kappa shape index (κ3) is 3.77. The van der Waals surface area contributed by atoms with Crippen LogP contribution < -0.4 is 0 Å². The molecule has 1 aromatic rings. The molecule has 0 bridgehead atoms. The number of rotatable bonds is 6. The van der Waals surface area contributed by atoms with Gasteiger partial charge in [0.1, 0.15) is 0 Å². The molecule has 0 spiro atoms. The second kappa shape index (κ2) is 6.65. The maximum atomic E-state index is 6.15. The maximum absolute atomic E-state index is 6.15. The van der Waals surface area contributed by atoms with Gasteiger partial charge in [0.05, 0.1) is 16.9 Å². The minimum absolute atomic E-state index is 0.377. The topological polar surface area (TPSA) is 17.8 Å². The van der Waals surface area contributed by atoms with E-state index in [1.807, 2.05) is 4.68 Å². The van der Waals surface area contributed by atoms with Gasteiger partial charge in [0.25, 0.3) is 0 Å². The van der Waals surface area contributed by atoms with Crippen molar-refractivity contribution in [1.29, 1.82) is 0 Å². The van der Waals surface area contributed by atoms with Gasteiger partial charge in [-0.3, -0.25) is 4.68 Å². The van der Waals surface area contributed by atoms with Crippen molar-refractivity contribution in [2.75, 3.05) is 0 Å². The Labute approximate surface area is 111 Å². The normalized spacial score (nSPS) is 13.4. The van der Waals surface area contributed by atoms with E-state index in [4.69, 9.17) is 11.6 Å². The maximum Gasteiger partial charge on any atom is 0.0817 e. The van der Waals surface area contributed by atoms with E-state index in [1.54, 1.807) is 6.20 Å². The quantitative estimate of drug-likeness (QED) is 0.702. The average molecular weight is 308 g/mol. The van der Waals surface area contributed by atoms with Gasteiger partial charge in [0, 0.05) is 10.9 Å². The summed E-state index contributed by atoms with van der Waals surface area (Å²) in [7, 11) is 0. The summed E-state index contributed by atoms with van der Waals surface area (Å²) in [6, 6.07) is 0.377. The molecule has 1 rings (SSSR count). The van der Waals surface area contributed by atoms with E-state index < -0.39 is 0 Å². The average Bonchev–Trinajstić information content (AvgIpc) is 2.57. The van der Waals surface area contributed by atoms with Crippen molar-refractivity contribution < 1.29 is 0 Å². The Kier molecular flexibility index (Phi) is 5.84. The first-order valence-electron chi connectivity index (χ1n) is 5.92. The zero-order valence-electron chi connectivity index (χ0n) is 10.2. The van der Waals surface area contributed by atoms with Gasteiger partial charge in [-0.1, -0.05) is 40.9 Å². The van der Waals surface area contributed by atoms with Gasteiger partial charge >= 0.3 is 0 Å². The molecule has 0 saturated heterocycles. The molecular weight excluding hydrogens is 288 g/mol. The standard InChI is InChI=1S/C12H20BrClN2/c1-4-5-10(13)6-7-12-11(14)8-15-16(12)9(2)3/h8-10H,4-7H2,1-3H3. The van der Waals surface area contributed by atoms with Crippen LogP contribution in [0.2, 0.25) is 5.02 Å². The summed E-state index contributed by atoms with van der Waals surface area (Å²) < 4.78 is 2.02. The molecule has 1 heterocycles. The summed E-state index contributed by atoms with van der Waals surface area (Å²) >= 11 is 9.85. The van der Waals surface area contributed by atoms with E-state index in [0.717, 1.165) is 23.6 Å². The van der Waals surface area contributed by atoms with E-state index in [-0.39, 0.29) is 0 Å². The number of alkyl halides is 1. The van der Waals surface area contributed by atoms with Crippen molar-refractivity contribution in [3.8, 4) is 0 Å². The van der Waals surface area contributed by atoms with Crippen molar-refractivity contribution in [3.63, 3.8) is 0 Å². The smallest absolute Gasteiger partial charge is 0.0817 e. The summed E-state index contributed by atoms with van der Waals surface area (Å²) in [5, 5.41) is 5.10. The minimum atomic E-state index is 0.377. The summed E-state index contributed by atoms with van der Waals surface area (Å²) in [6.45, 7) is 6.47. The van der Waals surface area contributed by atoms with Gasteiger partial charge in [-0.05, 0) is 33.1 Å². The van der Waals surface area contributed by atoms with Crippen LogP contribution in [0.3, 0.4) is 0 Å². The molecule has 0 amide bonds. The van der Waals surface area contributed by atoms with E-state index in [1.165, 1.54) is 12.8 Å². The molecule has 92 valence electrons. The van der Waals surface area contributed by atoms with Gasteiger partial charge in [-0.25, -0.2) is 0 Å². The molecule has 1 unspecified atom stereocenters. The third-order valence-corrected chi connectivity index (χ3v) is 3.86. The minimum Gasteiger partial charge on any atom is -0.266 e. The predicted molar refractivity (Wildman–Crippen MR) is 73.6 cm³/mol. The van der Waals surface area contributed by atoms with Crippen molar-refractivity contribution >= 4 is 27.5 Å². The lowest BCUT2D eigenvalue weighted by molar-refractivity contribution is 0.503. The fraction of sp³-hybridized carbons (Fsp3) is 0.750. The lowest BCUT2D eigenvalue weighted by atomic mass is 10.1. The lowest BCUT2D eigenvalue weighted by Gasteiger charge is -2.13. The molecule has 2 nitrogen and oxygen atoms in total. The third-order valence-electron chi connectivity index (χ3n) is 2.63. The Morgan fingerprint density at radius 3 is 2.69 bits per heavy atom. The lowest BCUT2D eigenvalue weighted by Crippen LogP contribution is -2.09. The first-order chi connectivity index (χ1) is 7.56. The van der Waals surface area contributed by atoms with E-state index >= 15 is 0 Å². The van der Waals surface area contributed by atoms with Crippen LogP contribution in [0.15, 0.2) is 6.20 Å². The van der Waals surface area contributed by atoms with Gasteiger partial charge in [-0.15, -0.1) is 0 Å². The van der Waals surface area contributed by atoms with Crippen LogP contribution in [0.4, 0.5) is 0 Å². The second-order valence-corrected chi connectivity index (χ2v) is 6.10. The summed E-state index contributed by atoms with van der Waals surface area (Å²) in [6.07, 6.45) is 6.29. The van der Waals surface area contributed by atoms with Crippen LogP contribution in [0.25, 0.3) is 0 Å². The summed E-state index contributed by atoms with van der Waals surface area (Å²) in [5.41, 5.74) is 1.16. The molecule has 4 heteroatoms. The second-order valence-electron chi connectivity index (χ2n) is 4.40. The highest BCUT2D eigenvalue weighted by atomic mass is 79.9. The number of nitrogens with zero attached hydrogens (tertiary/aromatic N) is 2. The largest absolute Gasteiger partial charge is 0.266 e. The zero-order chi connectivity index (χ0) is 12.1. The highest BCUT2D eigenvalue weighted by Gasteiger charge is 2.13. The first kappa shape index (κ1) is 14.0. The molecule has 1 atom stereocenters. The van der Waals surface area contributed by atoms with Crippen LogP contribution in [-0.2, 0) is 6.42 Å². The molecule has 0 saturated carbocycles. The van der Waals surface area contributed by atoms with E-state index in [0.29, 0.717) is 10.9 Å². The van der Waals surface area contributed by atoms with Crippen LogP contribution >= 0.6 is 27.5 Å². The Balaban J connectivity index is 2.62. The number of halogens is 2. The van der Waals surface area contributed by atoms with Crippen molar-refractivity contribution in [2.45, 2.75) is 57.3 Å². The van der Waals surface area contributed by atoms with Gasteiger partial charge in [0.15, 0.2) is 0 Å². The fourth-order valence-corrected chi connectivity index (χ4v) is 2.71. The summed E-state index contributed by atoms with van der Waals surface area (Å²) in [4.78, 5) is 0.587. The number of aromatic nitrogens is 2. The Morgan fingerprint density at radius 2 is 2.12 bits per heavy atom. The predicted octanol–water partition coefficient (Wildman–Crippen LogP) is 4.61.